The zero-order valence-electron chi connectivity index (χ0n) is 13.7. The summed E-state index contributed by atoms with van der Waals surface area (Å²) in [4.78, 5) is 21.1. The summed E-state index contributed by atoms with van der Waals surface area (Å²) >= 11 is 0. The van der Waals surface area contributed by atoms with E-state index in [0.29, 0.717) is 28.7 Å². The first kappa shape index (κ1) is 16.1. The van der Waals surface area contributed by atoms with Crippen molar-refractivity contribution in [3.63, 3.8) is 0 Å². The number of hydrogen-bond acceptors (Lipinski definition) is 3. The van der Waals surface area contributed by atoms with Crippen LogP contribution in [0.4, 0.5) is 4.39 Å². The molecule has 0 aliphatic carbocycles. The Balaban J connectivity index is 1.87. The van der Waals surface area contributed by atoms with Crippen molar-refractivity contribution < 1.29 is 9.18 Å². The quantitative estimate of drug-likeness (QED) is 0.784. The molecular weight excluding hydrogens is 307 g/mol. The molecular formula is C18H19FN4O. The fraction of sp³-hybridized carbons (Fsp3) is 0.278. The number of carbonyl (C=O) groups is 1. The monoisotopic (exact) mass is 326 g/mol. The second kappa shape index (κ2) is 6.78. The predicted molar refractivity (Wildman–Crippen MR) is 90.2 cm³/mol. The van der Waals surface area contributed by atoms with Gasteiger partial charge >= 0.3 is 0 Å². The minimum Gasteiger partial charge on any atom is -0.347 e. The summed E-state index contributed by atoms with van der Waals surface area (Å²) in [7, 11) is 0. The van der Waals surface area contributed by atoms with Gasteiger partial charge in [-0.2, -0.15) is 0 Å². The van der Waals surface area contributed by atoms with Crippen LogP contribution in [0, 0.1) is 12.7 Å². The summed E-state index contributed by atoms with van der Waals surface area (Å²) in [6.07, 6.45) is 6.09. The third-order valence-corrected chi connectivity index (χ3v) is 3.96. The fourth-order valence-corrected chi connectivity index (χ4v) is 2.71. The maximum atomic E-state index is 13.4. The number of aryl methyl sites for hydroxylation is 1. The van der Waals surface area contributed by atoms with Crippen LogP contribution in [0.5, 0.6) is 0 Å². The molecule has 0 fully saturated rings. The lowest BCUT2D eigenvalue weighted by atomic mass is 10.1. The van der Waals surface area contributed by atoms with Crippen LogP contribution in [0.1, 0.15) is 29.4 Å². The molecule has 3 rings (SSSR count). The Morgan fingerprint density at radius 1 is 1.38 bits per heavy atom. The molecule has 5 nitrogen and oxygen atoms in total. The van der Waals surface area contributed by atoms with Crippen molar-refractivity contribution in [2.45, 2.75) is 32.9 Å². The van der Waals surface area contributed by atoms with Gasteiger partial charge < -0.3 is 9.88 Å². The van der Waals surface area contributed by atoms with Crippen molar-refractivity contribution in [3.8, 4) is 0 Å². The average molecular weight is 326 g/mol. The second-order valence-electron chi connectivity index (χ2n) is 5.81. The predicted octanol–water partition coefficient (Wildman–Crippen LogP) is 3.09. The standard InChI is InChI=1S/C18H19FN4O/c1-3-14(10-23-7-6-20-11-23)22-18(24)16-8-12(2)21-17-9-13(19)4-5-15(16)17/h4-9,11,14H,3,10H2,1-2H3,(H,22,24). The molecule has 0 spiro atoms. The molecule has 2 heterocycles. The number of rotatable bonds is 5. The van der Waals surface area contributed by atoms with E-state index >= 15 is 0 Å². The average Bonchev–Trinajstić information content (AvgIpc) is 3.05. The molecule has 0 radical (unpaired) electrons. The number of fused-ring (bicyclic) bond motifs is 1. The SMILES string of the molecule is CCC(Cn1ccnc1)NC(=O)c1cc(C)nc2cc(F)ccc12. The van der Waals surface area contributed by atoms with Crippen LogP contribution in [0.15, 0.2) is 43.0 Å². The summed E-state index contributed by atoms with van der Waals surface area (Å²) in [5, 5.41) is 3.70. The molecule has 2 aromatic heterocycles. The lowest BCUT2D eigenvalue weighted by molar-refractivity contribution is 0.0933. The molecule has 24 heavy (non-hydrogen) atoms. The number of hydrogen-bond donors (Lipinski definition) is 1. The number of nitrogens with zero attached hydrogens (tertiary/aromatic N) is 3. The van der Waals surface area contributed by atoms with E-state index in [1.54, 1.807) is 31.6 Å². The summed E-state index contributed by atoms with van der Waals surface area (Å²) in [6, 6.07) is 6.01. The van der Waals surface area contributed by atoms with Gasteiger partial charge in [0.2, 0.25) is 0 Å². The minimum atomic E-state index is -0.362. The van der Waals surface area contributed by atoms with E-state index in [2.05, 4.69) is 15.3 Å². The van der Waals surface area contributed by atoms with Crippen molar-refractivity contribution in [1.29, 1.82) is 0 Å². The topological polar surface area (TPSA) is 59.8 Å². The van der Waals surface area contributed by atoms with Crippen molar-refractivity contribution in [2.24, 2.45) is 0 Å². The number of benzene rings is 1. The Hall–Kier alpha value is -2.76. The molecule has 1 aromatic carbocycles. The van der Waals surface area contributed by atoms with Gasteiger partial charge in [-0.05, 0) is 31.5 Å². The zero-order chi connectivity index (χ0) is 17.1. The molecule has 1 amide bonds. The second-order valence-corrected chi connectivity index (χ2v) is 5.81. The van der Waals surface area contributed by atoms with Crippen LogP contribution >= 0.6 is 0 Å². The molecule has 3 aromatic rings. The molecule has 1 unspecified atom stereocenters. The number of aromatic nitrogens is 3. The van der Waals surface area contributed by atoms with Crippen molar-refractivity contribution in [1.82, 2.24) is 19.9 Å². The van der Waals surface area contributed by atoms with E-state index in [-0.39, 0.29) is 17.8 Å². The number of pyridine rings is 1. The van der Waals surface area contributed by atoms with Crippen molar-refractivity contribution in [3.05, 3.63) is 60.1 Å². The maximum Gasteiger partial charge on any atom is 0.252 e. The first-order valence-electron chi connectivity index (χ1n) is 7.90. The third kappa shape index (κ3) is 3.42. The number of halogens is 1. The zero-order valence-corrected chi connectivity index (χ0v) is 13.7. The summed E-state index contributed by atoms with van der Waals surface area (Å²) < 4.78 is 15.4. The fourth-order valence-electron chi connectivity index (χ4n) is 2.71. The summed E-state index contributed by atoms with van der Waals surface area (Å²) in [5.41, 5.74) is 1.69. The third-order valence-electron chi connectivity index (χ3n) is 3.96. The highest BCUT2D eigenvalue weighted by molar-refractivity contribution is 6.06. The smallest absolute Gasteiger partial charge is 0.252 e. The highest BCUT2D eigenvalue weighted by Gasteiger charge is 2.16. The lowest BCUT2D eigenvalue weighted by Gasteiger charge is -2.18. The van der Waals surface area contributed by atoms with Gasteiger partial charge in [-0.15, -0.1) is 0 Å². The van der Waals surface area contributed by atoms with Crippen LogP contribution in [-0.2, 0) is 6.54 Å². The van der Waals surface area contributed by atoms with Gasteiger partial charge in [0.15, 0.2) is 0 Å². The van der Waals surface area contributed by atoms with Crippen molar-refractivity contribution >= 4 is 16.8 Å². The summed E-state index contributed by atoms with van der Waals surface area (Å²) in [6.45, 7) is 4.47. The van der Waals surface area contributed by atoms with Crippen LogP contribution in [0.2, 0.25) is 0 Å². The van der Waals surface area contributed by atoms with Gasteiger partial charge in [0.05, 0.1) is 17.4 Å². The molecule has 0 aliphatic heterocycles. The summed E-state index contributed by atoms with van der Waals surface area (Å²) in [5.74, 6) is -0.539. The molecule has 1 atom stereocenters. The normalized spacial score (nSPS) is 12.3. The Kier molecular flexibility index (Phi) is 4.55. The lowest BCUT2D eigenvalue weighted by Crippen LogP contribution is -2.37. The largest absolute Gasteiger partial charge is 0.347 e. The van der Waals surface area contributed by atoms with Crippen LogP contribution in [-0.4, -0.2) is 26.5 Å². The van der Waals surface area contributed by atoms with Gasteiger partial charge in [-0.25, -0.2) is 9.37 Å². The van der Waals surface area contributed by atoms with E-state index in [4.69, 9.17) is 0 Å². The molecule has 6 heteroatoms. The van der Waals surface area contributed by atoms with Crippen LogP contribution in [0.3, 0.4) is 0 Å². The Bertz CT molecular complexity index is 856. The first-order valence-corrected chi connectivity index (χ1v) is 7.90. The highest BCUT2D eigenvalue weighted by Crippen LogP contribution is 2.20. The molecule has 0 saturated carbocycles. The molecule has 1 N–H and O–H groups in total. The van der Waals surface area contributed by atoms with Crippen LogP contribution < -0.4 is 5.32 Å². The molecule has 124 valence electrons. The van der Waals surface area contributed by atoms with Crippen molar-refractivity contribution in [2.75, 3.05) is 0 Å². The number of imidazole rings is 1. The van der Waals surface area contributed by atoms with Gasteiger partial charge in [-0.3, -0.25) is 9.78 Å². The van der Waals surface area contributed by atoms with E-state index in [1.165, 1.54) is 12.1 Å². The minimum absolute atomic E-state index is 0.0179. The Morgan fingerprint density at radius 3 is 2.92 bits per heavy atom. The Morgan fingerprint density at radius 2 is 2.21 bits per heavy atom. The maximum absolute atomic E-state index is 13.4. The highest BCUT2D eigenvalue weighted by atomic mass is 19.1. The van der Waals surface area contributed by atoms with E-state index < -0.39 is 0 Å². The van der Waals surface area contributed by atoms with Gasteiger partial charge in [0.25, 0.3) is 5.91 Å². The van der Waals surface area contributed by atoms with E-state index in [9.17, 15) is 9.18 Å². The first-order chi connectivity index (χ1) is 11.6. The number of nitrogens with one attached hydrogen (secondary N) is 1. The van der Waals surface area contributed by atoms with Gasteiger partial charge in [-0.1, -0.05) is 6.92 Å². The van der Waals surface area contributed by atoms with Crippen LogP contribution in [0.25, 0.3) is 10.9 Å². The number of amides is 1. The Labute approximate surface area is 139 Å². The van der Waals surface area contributed by atoms with E-state index in [1.807, 2.05) is 17.7 Å². The van der Waals surface area contributed by atoms with E-state index in [0.717, 1.165) is 6.42 Å². The number of carbonyl (C=O) groups excluding carboxylic acids is 1. The molecule has 0 bridgehead atoms. The van der Waals surface area contributed by atoms with Gasteiger partial charge in [0, 0.05) is 42.1 Å². The molecule has 0 aliphatic rings. The molecule has 0 saturated heterocycles. The van der Waals surface area contributed by atoms with Gasteiger partial charge in [0.1, 0.15) is 5.82 Å².